The summed E-state index contributed by atoms with van der Waals surface area (Å²) >= 11 is 0. The molecule has 0 fully saturated rings. The maximum atomic E-state index is 13.8. The molecule has 1 heterocycles. The smallest absolute Gasteiger partial charge is 0.152 e. The van der Waals surface area contributed by atoms with Crippen molar-refractivity contribution in [3.05, 3.63) is 59.4 Å². The number of nitrogens with one attached hydrogen (secondary N) is 1. The summed E-state index contributed by atoms with van der Waals surface area (Å²) in [7, 11) is 0. The van der Waals surface area contributed by atoms with Crippen LogP contribution in [0, 0.1) is 23.4 Å². The fraction of sp³-hybridized carbons (Fsp3) is 0.250. The molecule has 1 aliphatic heterocycles. The maximum absolute atomic E-state index is 13.8. The van der Waals surface area contributed by atoms with Crippen molar-refractivity contribution in [2.75, 3.05) is 11.9 Å². The number of rotatable bonds is 2. The van der Waals surface area contributed by atoms with Gasteiger partial charge in [-0.25, -0.2) is 13.2 Å². The van der Waals surface area contributed by atoms with Crippen molar-refractivity contribution in [1.82, 2.24) is 0 Å². The Bertz CT molecular complexity index is 651. The van der Waals surface area contributed by atoms with Gasteiger partial charge in [0.2, 0.25) is 0 Å². The summed E-state index contributed by atoms with van der Waals surface area (Å²) in [5.41, 5.74) is 0.518. The molecular weight excluding hydrogens is 279 g/mol. The molecule has 21 heavy (non-hydrogen) atoms. The van der Waals surface area contributed by atoms with E-state index in [2.05, 4.69) is 5.32 Å². The van der Waals surface area contributed by atoms with Crippen LogP contribution in [0.1, 0.15) is 18.5 Å². The van der Waals surface area contributed by atoms with E-state index in [1.165, 1.54) is 0 Å². The van der Waals surface area contributed by atoms with Gasteiger partial charge in [0.05, 0.1) is 12.6 Å². The van der Waals surface area contributed by atoms with E-state index in [-0.39, 0.29) is 17.6 Å². The van der Waals surface area contributed by atoms with Crippen LogP contribution in [-0.4, -0.2) is 6.61 Å². The van der Waals surface area contributed by atoms with E-state index < -0.39 is 17.5 Å². The fourth-order valence-electron chi connectivity index (χ4n) is 2.55. The number of fused-ring (bicyclic) bond motifs is 1. The zero-order valence-corrected chi connectivity index (χ0v) is 11.4. The molecule has 0 bridgehead atoms. The topological polar surface area (TPSA) is 21.3 Å². The summed E-state index contributed by atoms with van der Waals surface area (Å²) in [6.45, 7) is 2.37. The van der Waals surface area contributed by atoms with Gasteiger partial charge in [-0.3, -0.25) is 0 Å². The minimum Gasteiger partial charge on any atom is -0.493 e. The zero-order valence-electron chi connectivity index (χ0n) is 11.4. The third-order valence-corrected chi connectivity index (χ3v) is 3.63. The third kappa shape index (κ3) is 2.55. The van der Waals surface area contributed by atoms with Gasteiger partial charge in [0.25, 0.3) is 0 Å². The molecule has 3 rings (SSSR count). The average Bonchev–Trinajstić information content (AvgIpc) is 2.44. The van der Waals surface area contributed by atoms with E-state index in [4.69, 9.17) is 4.74 Å². The molecule has 0 radical (unpaired) electrons. The highest BCUT2D eigenvalue weighted by Crippen LogP contribution is 2.38. The van der Waals surface area contributed by atoms with Crippen LogP contribution in [0.25, 0.3) is 0 Å². The summed E-state index contributed by atoms with van der Waals surface area (Å²) in [5.74, 6) is -2.11. The molecule has 0 aromatic heterocycles. The lowest BCUT2D eigenvalue weighted by Gasteiger charge is -2.32. The second-order valence-corrected chi connectivity index (χ2v) is 5.19. The van der Waals surface area contributed by atoms with Crippen LogP contribution < -0.4 is 10.1 Å². The molecule has 2 nitrogen and oxygen atoms in total. The highest BCUT2D eigenvalue weighted by Gasteiger charge is 2.29. The minimum absolute atomic E-state index is 0.0174. The van der Waals surface area contributed by atoms with Crippen molar-refractivity contribution < 1.29 is 17.9 Å². The van der Waals surface area contributed by atoms with Gasteiger partial charge in [0.15, 0.2) is 11.6 Å². The predicted molar refractivity (Wildman–Crippen MR) is 73.8 cm³/mol. The SMILES string of the molecule is CC1COc2ccccc2C1Nc1c(F)cc(F)cc1F. The van der Waals surface area contributed by atoms with E-state index in [1.54, 1.807) is 0 Å². The zero-order chi connectivity index (χ0) is 15.0. The monoisotopic (exact) mass is 293 g/mol. The molecule has 0 saturated carbocycles. The molecule has 0 amide bonds. The highest BCUT2D eigenvalue weighted by molar-refractivity contribution is 5.51. The van der Waals surface area contributed by atoms with Gasteiger partial charge in [-0.05, 0) is 6.07 Å². The number of para-hydroxylation sites is 1. The Morgan fingerprint density at radius 3 is 2.48 bits per heavy atom. The summed E-state index contributed by atoms with van der Waals surface area (Å²) in [5, 5.41) is 2.85. The first-order valence-corrected chi connectivity index (χ1v) is 6.69. The summed E-state index contributed by atoms with van der Waals surface area (Å²) in [6, 6.07) is 8.37. The van der Waals surface area contributed by atoms with Crippen molar-refractivity contribution in [2.24, 2.45) is 5.92 Å². The van der Waals surface area contributed by atoms with Gasteiger partial charge in [0.1, 0.15) is 17.3 Å². The van der Waals surface area contributed by atoms with Crippen LogP contribution in [0.5, 0.6) is 5.75 Å². The first-order chi connectivity index (χ1) is 10.1. The Hall–Kier alpha value is -2.17. The van der Waals surface area contributed by atoms with E-state index in [0.717, 1.165) is 5.56 Å². The first-order valence-electron chi connectivity index (χ1n) is 6.69. The Balaban J connectivity index is 1.98. The lowest BCUT2D eigenvalue weighted by Crippen LogP contribution is -2.29. The van der Waals surface area contributed by atoms with Crippen molar-refractivity contribution in [3.63, 3.8) is 0 Å². The van der Waals surface area contributed by atoms with E-state index in [1.807, 2.05) is 31.2 Å². The highest BCUT2D eigenvalue weighted by atomic mass is 19.1. The summed E-state index contributed by atoms with van der Waals surface area (Å²) < 4.78 is 46.2. The number of benzene rings is 2. The first kappa shape index (κ1) is 13.8. The van der Waals surface area contributed by atoms with Crippen molar-refractivity contribution in [1.29, 1.82) is 0 Å². The number of ether oxygens (including phenoxy) is 1. The third-order valence-electron chi connectivity index (χ3n) is 3.63. The normalized spacial score (nSPS) is 20.6. The molecule has 0 saturated heterocycles. The quantitative estimate of drug-likeness (QED) is 0.892. The van der Waals surface area contributed by atoms with Crippen LogP contribution in [0.2, 0.25) is 0 Å². The largest absolute Gasteiger partial charge is 0.493 e. The van der Waals surface area contributed by atoms with E-state index in [9.17, 15) is 13.2 Å². The fourth-order valence-corrected chi connectivity index (χ4v) is 2.55. The van der Waals surface area contributed by atoms with Crippen molar-refractivity contribution >= 4 is 5.69 Å². The van der Waals surface area contributed by atoms with Crippen LogP contribution in [0.15, 0.2) is 36.4 Å². The average molecular weight is 293 g/mol. The Morgan fingerprint density at radius 2 is 1.76 bits per heavy atom. The van der Waals surface area contributed by atoms with Gasteiger partial charge in [-0.2, -0.15) is 0 Å². The van der Waals surface area contributed by atoms with Crippen molar-refractivity contribution in [3.8, 4) is 5.75 Å². The van der Waals surface area contributed by atoms with E-state index in [0.29, 0.717) is 24.5 Å². The van der Waals surface area contributed by atoms with Gasteiger partial charge in [0, 0.05) is 23.6 Å². The molecular formula is C16H14F3NO. The van der Waals surface area contributed by atoms with Crippen LogP contribution in [0.4, 0.5) is 18.9 Å². The molecule has 2 atom stereocenters. The molecule has 5 heteroatoms. The Kier molecular flexibility index (Phi) is 3.49. The number of hydrogen-bond donors (Lipinski definition) is 1. The summed E-state index contributed by atoms with van der Waals surface area (Å²) in [6.07, 6.45) is 0. The molecule has 1 N–H and O–H groups in total. The molecule has 2 aromatic carbocycles. The van der Waals surface area contributed by atoms with Gasteiger partial charge in [-0.15, -0.1) is 0 Å². The Labute approximate surface area is 120 Å². The van der Waals surface area contributed by atoms with Gasteiger partial charge in [-0.1, -0.05) is 25.1 Å². The van der Waals surface area contributed by atoms with Crippen LogP contribution in [-0.2, 0) is 0 Å². The van der Waals surface area contributed by atoms with Gasteiger partial charge >= 0.3 is 0 Å². The number of hydrogen-bond acceptors (Lipinski definition) is 2. The predicted octanol–water partition coefficient (Wildman–Crippen LogP) is 4.29. The van der Waals surface area contributed by atoms with Crippen LogP contribution >= 0.6 is 0 Å². The minimum atomic E-state index is -0.941. The number of halogens is 3. The lowest BCUT2D eigenvalue weighted by molar-refractivity contribution is 0.214. The lowest BCUT2D eigenvalue weighted by atomic mass is 9.91. The summed E-state index contributed by atoms with van der Waals surface area (Å²) in [4.78, 5) is 0. The Morgan fingerprint density at radius 1 is 1.10 bits per heavy atom. The molecule has 2 unspecified atom stereocenters. The van der Waals surface area contributed by atoms with Gasteiger partial charge < -0.3 is 10.1 Å². The second kappa shape index (κ2) is 5.31. The molecule has 0 spiro atoms. The standard InChI is InChI=1S/C16H14F3NO/c1-9-8-21-14-5-3-2-4-11(14)15(9)20-16-12(18)6-10(17)7-13(16)19/h2-7,9,15,20H,8H2,1H3. The number of anilines is 1. The van der Waals surface area contributed by atoms with E-state index >= 15 is 0 Å². The second-order valence-electron chi connectivity index (χ2n) is 5.19. The molecule has 110 valence electrons. The van der Waals surface area contributed by atoms with Crippen LogP contribution in [0.3, 0.4) is 0 Å². The molecule has 1 aliphatic rings. The molecule has 0 aliphatic carbocycles. The molecule has 2 aromatic rings. The van der Waals surface area contributed by atoms with Crippen molar-refractivity contribution in [2.45, 2.75) is 13.0 Å². The maximum Gasteiger partial charge on any atom is 0.152 e.